The van der Waals surface area contributed by atoms with Gasteiger partial charge >= 0.3 is 5.97 Å². The molecule has 0 unspecified atom stereocenters. The molecule has 0 radical (unpaired) electrons. The number of aliphatic hydroxyl groups excluding tert-OH is 1. The number of carbonyl (C=O) groups is 4. The molecule has 11 N–H and O–H groups in total. The van der Waals surface area contributed by atoms with Crippen LogP contribution in [0, 0.1) is 5.92 Å². The number of nitrogens with two attached hydrogens (primary N) is 2. The van der Waals surface area contributed by atoms with Crippen LogP contribution in [0.15, 0.2) is 36.4 Å². The summed E-state index contributed by atoms with van der Waals surface area (Å²) in [7, 11) is 0. The molecule has 1 heterocycles. The topological polar surface area (TPSA) is 237 Å². The average molecular weight is 586 g/mol. The summed E-state index contributed by atoms with van der Waals surface area (Å²) in [6.07, 6.45) is -1.36. The third kappa shape index (κ3) is 7.96. The van der Waals surface area contributed by atoms with Crippen LogP contribution in [-0.4, -0.2) is 80.9 Å². The molecule has 2 aromatic carbocycles. The molecule has 13 nitrogen and oxygen atoms in total. The molecule has 228 valence electrons. The zero-order valence-electron chi connectivity index (χ0n) is 23.5. The van der Waals surface area contributed by atoms with Gasteiger partial charge in [-0.3, -0.25) is 14.4 Å². The molecular weight excluding hydrogens is 546 g/mol. The van der Waals surface area contributed by atoms with E-state index in [2.05, 4.69) is 16.0 Å². The number of phenols is 2. The Bertz CT molecular complexity index is 1320. The van der Waals surface area contributed by atoms with E-state index in [0.29, 0.717) is 23.1 Å². The summed E-state index contributed by atoms with van der Waals surface area (Å²) < 4.78 is 0. The number of aromatic hydroxyl groups is 2. The van der Waals surface area contributed by atoms with E-state index >= 15 is 0 Å². The van der Waals surface area contributed by atoms with Gasteiger partial charge in [-0.15, -0.1) is 0 Å². The summed E-state index contributed by atoms with van der Waals surface area (Å²) >= 11 is 0. The molecule has 0 fully saturated rings. The van der Waals surface area contributed by atoms with Crippen molar-refractivity contribution in [2.45, 2.75) is 69.8 Å². The van der Waals surface area contributed by atoms with E-state index in [1.807, 2.05) is 0 Å². The highest BCUT2D eigenvalue weighted by molar-refractivity contribution is 5.94. The molecule has 1 aliphatic rings. The number of nitrogens with one attached hydrogen (secondary N) is 3. The normalized spacial score (nSPS) is 21.5. The average Bonchev–Trinajstić information content (AvgIpc) is 2.95. The molecule has 3 rings (SSSR count). The van der Waals surface area contributed by atoms with Gasteiger partial charge in [-0.1, -0.05) is 32.4 Å². The summed E-state index contributed by atoms with van der Waals surface area (Å²) in [6, 6.07) is 4.19. The molecule has 0 spiro atoms. The molecule has 3 amide bonds. The van der Waals surface area contributed by atoms with Gasteiger partial charge in [0.2, 0.25) is 17.7 Å². The van der Waals surface area contributed by atoms with Gasteiger partial charge in [-0.2, -0.15) is 0 Å². The fourth-order valence-corrected chi connectivity index (χ4v) is 4.70. The Kier molecular flexibility index (Phi) is 10.9. The molecule has 4 bridgehead atoms. The minimum atomic E-state index is -1.38. The number of benzene rings is 2. The fraction of sp³-hybridized carbons (Fsp3) is 0.448. The highest BCUT2D eigenvalue weighted by Crippen LogP contribution is 2.31. The summed E-state index contributed by atoms with van der Waals surface area (Å²) in [6.45, 7) is 3.22. The zero-order chi connectivity index (χ0) is 31.1. The molecule has 2 aromatic rings. The number of hydrogen-bond donors (Lipinski definition) is 9. The Hall–Kier alpha value is -4.20. The second-order valence-electron chi connectivity index (χ2n) is 10.7. The van der Waals surface area contributed by atoms with Crippen molar-refractivity contribution in [2.75, 3.05) is 6.54 Å². The van der Waals surface area contributed by atoms with Gasteiger partial charge in [0, 0.05) is 25.8 Å². The first kappa shape index (κ1) is 32.3. The van der Waals surface area contributed by atoms with Crippen LogP contribution in [0.2, 0.25) is 0 Å². The number of rotatable bonds is 8. The lowest BCUT2D eigenvalue weighted by molar-refractivity contribution is -0.143. The Morgan fingerprint density at radius 1 is 1.00 bits per heavy atom. The van der Waals surface area contributed by atoms with Crippen molar-refractivity contribution >= 4 is 23.7 Å². The van der Waals surface area contributed by atoms with Crippen molar-refractivity contribution in [1.82, 2.24) is 16.0 Å². The molecule has 0 saturated carbocycles. The van der Waals surface area contributed by atoms with Gasteiger partial charge < -0.3 is 47.8 Å². The van der Waals surface area contributed by atoms with Crippen LogP contribution in [-0.2, 0) is 32.0 Å². The Morgan fingerprint density at radius 2 is 1.57 bits per heavy atom. The molecule has 42 heavy (non-hydrogen) atoms. The molecule has 0 aliphatic carbocycles. The van der Waals surface area contributed by atoms with Crippen molar-refractivity contribution < 1.29 is 39.6 Å². The number of aliphatic hydroxyl groups is 1. The lowest BCUT2D eigenvalue weighted by atomic mass is 9.95. The highest BCUT2D eigenvalue weighted by atomic mass is 16.4. The van der Waals surface area contributed by atoms with Crippen LogP contribution >= 0.6 is 0 Å². The number of phenolic OH excluding ortho intramolecular Hbond substituents is 2. The lowest BCUT2D eigenvalue weighted by Crippen LogP contribution is -2.59. The van der Waals surface area contributed by atoms with Crippen LogP contribution in [0.1, 0.15) is 37.8 Å². The van der Waals surface area contributed by atoms with E-state index in [0.717, 1.165) is 0 Å². The van der Waals surface area contributed by atoms with Gasteiger partial charge in [-0.05, 0) is 52.4 Å². The standard InChI is InChI=1S/C29H39N5O8/c1-3-14(2)25(29(41)42)34-28(40)21-11-18-9-16(5-7-24(18)37)15-4-6-23(36)17(8-15)10-20(31)26(38)32-22(27(39)33-21)12-19(35)13-30/h4-9,14,19-22,25,35-37H,3,10-13,30-31H2,1-2H3,(H,32,38)(H,33,39)(H,34,40)(H,41,42)/t14-,19-,20+,21+,22+,25+/m1/s1. The molecular formula is C29H39N5O8. The lowest BCUT2D eigenvalue weighted by Gasteiger charge is -2.27. The number of fused-ring (bicyclic) bond motifs is 5. The molecule has 6 atom stereocenters. The number of carboxylic acids is 1. The van der Waals surface area contributed by atoms with Crippen LogP contribution in [0.25, 0.3) is 11.1 Å². The van der Waals surface area contributed by atoms with Gasteiger partial charge in [0.1, 0.15) is 29.6 Å². The predicted octanol–water partition coefficient (Wildman–Crippen LogP) is -0.514. The Balaban J connectivity index is 2.12. The van der Waals surface area contributed by atoms with Crippen LogP contribution in [0.5, 0.6) is 11.5 Å². The minimum Gasteiger partial charge on any atom is -0.508 e. The van der Waals surface area contributed by atoms with Crippen molar-refractivity contribution in [3.8, 4) is 22.6 Å². The largest absolute Gasteiger partial charge is 0.508 e. The predicted molar refractivity (Wildman–Crippen MR) is 153 cm³/mol. The molecule has 13 heteroatoms. The first-order valence-electron chi connectivity index (χ1n) is 13.8. The van der Waals surface area contributed by atoms with E-state index in [1.54, 1.807) is 38.1 Å². The SMILES string of the molecule is CC[C@@H](C)[C@H](NC(=O)[C@@H]1Cc2cc(ccc2O)-c2ccc(O)c(c2)C[C@H](N)C(=O)N[C@@H](C[C@@H](O)CN)C(=O)N1)C(=O)O. The maximum Gasteiger partial charge on any atom is 0.326 e. The van der Waals surface area contributed by atoms with Crippen molar-refractivity contribution in [2.24, 2.45) is 17.4 Å². The van der Waals surface area contributed by atoms with E-state index in [1.165, 1.54) is 12.1 Å². The van der Waals surface area contributed by atoms with Crippen LogP contribution in [0.3, 0.4) is 0 Å². The van der Waals surface area contributed by atoms with Crippen molar-refractivity contribution in [3.63, 3.8) is 0 Å². The summed E-state index contributed by atoms with van der Waals surface area (Å²) in [4.78, 5) is 51.9. The first-order chi connectivity index (χ1) is 19.8. The third-order valence-electron chi connectivity index (χ3n) is 7.52. The highest BCUT2D eigenvalue weighted by Gasteiger charge is 2.33. The third-order valence-corrected chi connectivity index (χ3v) is 7.52. The molecule has 1 aliphatic heterocycles. The zero-order valence-corrected chi connectivity index (χ0v) is 23.5. The maximum absolute atomic E-state index is 13.5. The van der Waals surface area contributed by atoms with E-state index in [9.17, 15) is 39.6 Å². The van der Waals surface area contributed by atoms with Crippen molar-refractivity contribution in [1.29, 1.82) is 0 Å². The van der Waals surface area contributed by atoms with Crippen LogP contribution < -0.4 is 27.4 Å². The van der Waals surface area contributed by atoms with Crippen LogP contribution in [0.4, 0.5) is 0 Å². The second-order valence-corrected chi connectivity index (χ2v) is 10.7. The number of carbonyl (C=O) groups excluding carboxylic acids is 3. The second kappa shape index (κ2) is 14.1. The number of amides is 3. The quantitative estimate of drug-likeness (QED) is 0.192. The van der Waals surface area contributed by atoms with E-state index < -0.39 is 59.9 Å². The first-order valence-corrected chi connectivity index (χ1v) is 13.8. The smallest absolute Gasteiger partial charge is 0.326 e. The number of hydrogen-bond acceptors (Lipinski definition) is 9. The monoisotopic (exact) mass is 585 g/mol. The minimum absolute atomic E-state index is 0.0819. The fourth-order valence-electron chi connectivity index (χ4n) is 4.70. The summed E-state index contributed by atoms with van der Waals surface area (Å²) in [5.74, 6) is -4.37. The maximum atomic E-state index is 13.5. The number of carboxylic acid groups (broad SMARTS) is 1. The molecule has 0 aromatic heterocycles. The Labute approximate surface area is 243 Å². The van der Waals surface area contributed by atoms with E-state index in [-0.39, 0.29) is 42.9 Å². The van der Waals surface area contributed by atoms with Gasteiger partial charge in [0.05, 0.1) is 12.1 Å². The Morgan fingerprint density at radius 3 is 2.10 bits per heavy atom. The van der Waals surface area contributed by atoms with Gasteiger partial charge in [0.25, 0.3) is 0 Å². The van der Waals surface area contributed by atoms with Gasteiger partial charge in [0.15, 0.2) is 0 Å². The van der Waals surface area contributed by atoms with E-state index in [4.69, 9.17) is 11.5 Å². The number of aliphatic carboxylic acids is 1. The summed E-state index contributed by atoms with van der Waals surface area (Å²) in [5.41, 5.74) is 13.5. The molecule has 0 saturated heterocycles. The van der Waals surface area contributed by atoms with Gasteiger partial charge in [-0.25, -0.2) is 4.79 Å². The summed E-state index contributed by atoms with van der Waals surface area (Å²) in [5, 5.41) is 48.5. The van der Waals surface area contributed by atoms with Crippen molar-refractivity contribution in [3.05, 3.63) is 47.5 Å².